The predicted octanol–water partition coefficient (Wildman–Crippen LogP) is 7.51. The highest BCUT2D eigenvalue weighted by Crippen LogP contribution is 2.42. The highest BCUT2D eigenvalue weighted by Gasteiger charge is 2.18. The van der Waals surface area contributed by atoms with E-state index in [0.29, 0.717) is 11.1 Å². The molecule has 0 saturated heterocycles. The largest absolute Gasteiger partial charge is 0.192 e. The van der Waals surface area contributed by atoms with Crippen LogP contribution in [-0.4, -0.2) is 0 Å². The second kappa shape index (κ2) is 7.13. The lowest BCUT2D eigenvalue weighted by Gasteiger charge is -2.18. The fourth-order valence-corrected chi connectivity index (χ4v) is 4.54. The number of nitriles is 2. The van der Waals surface area contributed by atoms with Crippen LogP contribution in [-0.2, 0) is 0 Å². The summed E-state index contributed by atoms with van der Waals surface area (Å²) in [7, 11) is 0. The molecule has 0 heterocycles. The monoisotopic (exact) mass is 394 g/mol. The number of fused-ring (bicyclic) bond motifs is 4. The van der Waals surface area contributed by atoms with E-state index in [9.17, 15) is 10.5 Å². The second-order valence-electron chi connectivity index (χ2n) is 7.72. The Morgan fingerprint density at radius 1 is 0.710 bits per heavy atom. The summed E-state index contributed by atoms with van der Waals surface area (Å²) in [6.45, 7) is 6.23. The van der Waals surface area contributed by atoms with Gasteiger partial charge in [0.15, 0.2) is 0 Å². The van der Waals surface area contributed by atoms with E-state index in [1.807, 2.05) is 42.5 Å². The van der Waals surface area contributed by atoms with Gasteiger partial charge in [-0.2, -0.15) is 10.5 Å². The Morgan fingerprint density at radius 2 is 1.26 bits per heavy atom. The molecule has 0 unspecified atom stereocenters. The molecule has 0 fully saturated rings. The van der Waals surface area contributed by atoms with Crippen molar-refractivity contribution in [1.29, 1.82) is 10.5 Å². The molecule has 0 aliphatic heterocycles. The fourth-order valence-electron chi connectivity index (χ4n) is 4.54. The summed E-state index contributed by atoms with van der Waals surface area (Å²) in [5.41, 5.74) is 5.12. The van der Waals surface area contributed by atoms with Crippen LogP contribution in [0.2, 0.25) is 0 Å². The maximum Gasteiger partial charge on any atom is 0.101 e. The molecule has 2 nitrogen and oxygen atoms in total. The van der Waals surface area contributed by atoms with E-state index in [2.05, 4.69) is 62.0 Å². The first-order valence-corrected chi connectivity index (χ1v) is 10.1. The van der Waals surface area contributed by atoms with Crippen LogP contribution in [0.1, 0.15) is 22.3 Å². The third kappa shape index (κ3) is 2.78. The number of aryl methyl sites for hydroxylation is 1. The molecule has 31 heavy (non-hydrogen) atoms. The van der Waals surface area contributed by atoms with Crippen molar-refractivity contribution in [2.24, 2.45) is 0 Å². The highest BCUT2D eigenvalue weighted by molar-refractivity contribution is 6.21. The molecule has 0 aliphatic carbocycles. The first kappa shape index (κ1) is 18.6. The smallest absolute Gasteiger partial charge is 0.101 e. The molecule has 0 bridgehead atoms. The quantitative estimate of drug-likeness (QED) is 0.230. The summed E-state index contributed by atoms with van der Waals surface area (Å²) in [6, 6.07) is 29.0. The summed E-state index contributed by atoms with van der Waals surface area (Å²) in [5.74, 6) is 0. The van der Waals surface area contributed by atoms with E-state index >= 15 is 0 Å². The van der Waals surface area contributed by atoms with Gasteiger partial charge in [-0.05, 0) is 85.8 Å². The van der Waals surface area contributed by atoms with Crippen molar-refractivity contribution in [3.05, 3.63) is 102 Å². The molecule has 0 atom stereocenters. The van der Waals surface area contributed by atoms with Gasteiger partial charge in [0.1, 0.15) is 12.1 Å². The van der Waals surface area contributed by atoms with Crippen molar-refractivity contribution >= 4 is 38.4 Å². The Balaban J connectivity index is 2.11. The van der Waals surface area contributed by atoms with Crippen LogP contribution in [0.4, 0.5) is 0 Å². The molecule has 0 amide bonds. The van der Waals surface area contributed by atoms with Crippen LogP contribution >= 0.6 is 0 Å². The topological polar surface area (TPSA) is 47.6 Å². The fraction of sp³-hybridized carbons (Fsp3) is 0.0345. The average molecular weight is 394 g/mol. The number of hydrogen-bond donors (Lipinski definition) is 0. The minimum Gasteiger partial charge on any atom is -0.192 e. The molecular formula is C29H18N2. The van der Waals surface area contributed by atoms with E-state index in [-0.39, 0.29) is 0 Å². The lowest BCUT2D eigenvalue weighted by molar-refractivity contribution is 1.44. The maximum absolute atomic E-state index is 9.68. The number of rotatable bonds is 2. The summed E-state index contributed by atoms with van der Waals surface area (Å²) >= 11 is 0. The van der Waals surface area contributed by atoms with Gasteiger partial charge in [-0.1, -0.05) is 61.2 Å². The number of nitrogens with zero attached hydrogens (tertiary/aromatic N) is 2. The molecule has 5 rings (SSSR count). The van der Waals surface area contributed by atoms with E-state index in [4.69, 9.17) is 0 Å². The molecule has 0 spiro atoms. The van der Waals surface area contributed by atoms with Crippen molar-refractivity contribution in [2.45, 2.75) is 6.92 Å². The third-order valence-corrected chi connectivity index (χ3v) is 6.02. The minimum absolute atomic E-state index is 0.389. The normalized spacial score (nSPS) is 10.8. The summed E-state index contributed by atoms with van der Waals surface area (Å²) in [6.07, 6.45) is 1.91. The Labute approximate surface area is 180 Å². The number of hydrogen-bond acceptors (Lipinski definition) is 2. The maximum atomic E-state index is 9.68. The zero-order valence-corrected chi connectivity index (χ0v) is 17.1. The lowest BCUT2D eigenvalue weighted by Crippen LogP contribution is -1.95. The molecule has 5 aromatic rings. The van der Waals surface area contributed by atoms with Crippen LogP contribution in [0.15, 0.2) is 79.4 Å². The van der Waals surface area contributed by atoms with Gasteiger partial charge in [0.05, 0.1) is 11.1 Å². The van der Waals surface area contributed by atoms with Gasteiger partial charge in [0.25, 0.3) is 0 Å². The van der Waals surface area contributed by atoms with Crippen molar-refractivity contribution in [1.82, 2.24) is 0 Å². The standard InChI is InChI=1S/C29H18N2/c1-3-23-25-12-19-9-5-6-10-20(19)13-26(25)27-14-21(16-30)22(17-31)15-28(27)29(23)24-11-7-4-8-18(24)2/h3-15H,1H2,2H3. The van der Waals surface area contributed by atoms with Gasteiger partial charge < -0.3 is 0 Å². The Kier molecular flexibility index (Phi) is 4.28. The SMILES string of the molecule is C=Cc1c(-c2ccccc2C)c2cc(C#N)c(C#N)cc2c2cc3ccccc3cc12. The zero-order valence-electron chi connectivity index (χ0n) is 17.1. The van der Waals surface area contributed by atoms with E-state index < -0.39 is 0 Å². The summed E-state index contributed by atoms with van der Waals surface area (Å²) in [5, 5.41) is 25.7. The van der Waals surface area contributed by atoms with E-state index in [1.165, 1.54) is 0 Å². The van der Waals surface area contributed by atoms with Gasteiger partial charge in [-0.25, -0.2) is 0 Å². The molecule has 0 aromatic heterocycles. The number of benzene rings is 5. The molecule has 0 N–H and O–H groups in total. The molecule has 0 aliphatic rings. The van der Waals surface area contributed by atoms with Crippen molar-refractivity contribution in [2.75, 3.05) is 0 Å². The Bertz CT molecular complexity index is 1630. The average Bonchev–Trinajstić information content (AvgIpc) is 2.81. The molecule has 2 heteroatoms. The molecule has 0 radical (unpaired) electrons. The highest BCUT2D eigenvalue weighted by atomic mass is 14.3. The van der Waals surface area contributed by atoms with Gasteiger partial charge in [-0.15, -0.1) is 0 Å². The van der Waals surface area contributed by atoms with E-state index in [1.54, 1.807) is 0 Å². The zero-order chi connectivity index (χ0) is 21.5. The van der Waals surface area contributed by atoms with Crippen LogP contribution in [0.3, 0.4) is 0 Å². The van der Waals surface area contributed by atoms with Crippen LogP contribution in [0, 0.1) is 29.6 Å². The molecular weight excluding hydrogens is 376 g/mol. The molecule has 144 valence electrons. The van der Waals surface area contributed by atoms with Crippen LogP contribution in [0.25, 0.3) is 49.5 Å². The van der Waals surface area contributed by atoms with Crippen LogP contribution in [0.5, 0.6) is 0 Å². The van der Waals surface area contributed by atoms with Crippen molar-refractivity contribution in [3.8, 4) is 23.3 Å². The predicted molar refractivity (Wildman–Crippen MR) is 129 cm³/mol. The Morgan fingerprint density at radius 3 is 1.87 bits per heavy atom. The van der Waals surface area contributed by atoms with Gasteiger partial charge >= 0.3 is 0 Å². The van der Waals surface area contributed by atoms with Crippen molar-refractivity contribution < 1.29 is 0 Å². The van der Waals surface area contributed by atoms with Crippen molar-refractivity contribution in [3.63, 3.8) is 0 Å². The van der Waals surface area contributed by atoms with E-state index in [0.717, 1.165) is 54.6 Å². The first-order chi connectivity index (χ1) is 15.2. The Hall–Kier alpha value is -4.40. The summed E-state index contributed by atoms with van der Waals surface area (Å²) < 4.78 is 0. The lowest BCUT2D eigenvalue weighted by atomic mass is 9.84. The van der Waals surface area contributed by atoms with Gasteiger partial charge in [0, 0.05) is 0 Å². The van der Waals surface area contributed by atoms with Crippen LogP contribution < -0.4 is 0 Å². The van der Waals surface area contributed by atoms with Gasteiger partial charge in [-0.3, -0.25) is 0 Å². The first-order valence-electron chi connectivity index (χ1n) is 10.1. The summed E-state index contributed by atoms with van der Waals surface area (Å²) in [4.78, 5) is 0. The molecule has 5 aromatic carbocycles. The third-order valence-electron chi connectivity index (χ3n) is 6.02. The van der Waals surface area contributed by atoms with Gasteiger partial charge in [0.2, 0.25) is 0 Å². The second-order valence-corrected chi connectivity index (χ2v) is 7.72. The molecule has 0 saturated carbocycles. The minimum atomic E-state index is 0.389.